The zero-order valence-electron chi connectivity index (χ0n) is 12.5. The average Bonchev–Trinajstić information content (AvgIpc) is 2.33. The summed E-state index contributed by atoms with van der Waals surface area (Å²) in [4.78, 5) is 0. The number of aliphatic hydroxyl groups is 1. The van der Waals surface area contributed by atoms with Crippen LogP contribution in [0, 0.1) is 19.8 Å². The highest BCUT2D eigenvalue weighted by atomic mass is 16.3. The van der Waals surface area contributed by atoms with Gasteiger partial charge in [0.05, 0.1) is 6.10 Å². The minimum atomic E-state index is -0.154. The molecule has 1 saturated carbocycles. The highest BCUT2D eigenvalue weighted by Gasteiger charge is 2.20. The first-order chi connectivity index (χ1) is 9.16. The normalized spacial score (nSPS) is 19.7. The van der Waals surface area contributed by atoms with Crippen LogP contribution >= 0.6 is 0 Å². The second-order valence-electron chi connectivity index (χ2n) is 6.31. The van der Waals surface area contributed by atoms with E-state index in [1.165, 1.54) is 61.6 Å². The van der Waals surface area contributed by atoms with E-state index in [4.69, 9.17) is 0 Å². The van der Waals surface area contributed by atoms with Crippen molar-refractivity contribution in [3.05, 3.63) is 34.9 Å². The summed E-state index contributed by atoms with van der Waals surface area (Å²) in [5.41, 5.74) is 3.94. The molecule has 1 aromatic carbocycles. The van der Waals surface area contributed by atoms with Crippen LogP contribution in [0.5, 0.6) is 0 Å². The molecule has 1 aromatic rings. The SMILES string of the molecule is Cc1ccc(C)c(CC(O)C2CCCCCCC2)c1. The number of hydrogen-bond donors (Lipinski definition) is 1. The van der Waals surface area contributed by atoms with Crippen LogP contribution in [-0.4, -0.2) is 11.2 Å². The zero-order valence-corrected chi connectivity index (χ0v) is 12.5. The fourth-order valence-corrected chi connectivity index (χ4v) is 3.28. The molecule has 1 fully saturated rings. The largest absolute Gasteiger partial charge is 0.392 e. The molecule has 19 heavy (non-hydrogen) atoms. The molecule has 1 atom stereocenters. The van der Waals surface area contributed by atoms with E-state index in [-0.39, 0.29) is 6.10 Å². The van der Waals surface area contributed by atoms with Crippen molar-refractivity contribution in [3.63, 3.8) is 0 Å². The molecule has 1 aliphatic rings. The summed E-state index contributed by atoms with van der Waals surface area (Å²) in [5, 5.41) is 10.6. The Labute approximate surface area is 118 Å². The Balaban J connectivity index is 1.98. The standard InChI is InChI=1S/C18H28O/c1-14-10-11-15(2)17(12-14)13-18(19)16-8-6-4-3-5-7-9-16/h10-12,16,18-19H,3-9,13H2,1-2H3. The Bertz CT molecular complexity index is 389. The molecule has 0 amide bonds. The van der Waals surface area contributed by atoms with E-state index in [1.807, 2.05) is 0 Å². The summed E-state index contributed by atoms with van der Waals surface area (Å²) in [5.74, 6) is 0.514. The van der Waals surface area contributed by atoms with Gasteiger partial charge in [-0.25, -0.2) is 0 Å². The Morgan fingerprint density at radius 3 is 2.37 bits per heavy atom. The molecule has 1 aliphatic carbocycles. The summed E-state index contributed by atoms with van der Waals surface area (Å²) in [6, 6.07) is 6.57. The molecule has 0 radical (unpaired) electrons. The molecule has 0 saturated heterocycles. The smallest absolute Gasteiger partial charge is 0.0608 e. The van der Waals surface area contributed by atoms with Crippen LogP contribution < -0.4 is 0 Å². The lowest BCUT2D eigenvalue weighted by molar-refractivity contribution is 0.0912. The second kappa shape index (κ2) is 7.09. The first kappa shape index (κ1) is 14.6. The topological polar surface area (TPSA) is 20.2 Å². The van der Waals surface area contributed by atoms with Crippen molar-refractivity contribution in [2.45, 2.75) is 71.3 Å². The maximum absolute atomic E-state index is 10.6. The molecule has 0 aliphatic heterocycles. The number of aliphatic hydroxyl groups excluding tert-OH is 1. The fraction of sp³-hybridized carbons (Fsp3) is 0.667. The van der Waals surface area contributed by atoms with Crippen LogP contribution in [0.4, 0.5) is 0 Å². The molecule has 1 nitrogen and oxygen atoms in total. The number of aryl methyl sites for hydroxylation is 2. The van der Waals surface area contributed by atoms with Crippen molar-refractivity contribution in [1.29, 1.82) is 0 Å². The Morgan fingerprint density at radius 2 is 1.68 bits per heavy atom. The molecule has 0 bridgehead atoms. The second-order valence-corrected chi connectivity index (χ2v) is 6.31. The van der Waals surface area contributed by atoms with Crippen molar-refractivity contribution in [2.24, 2.45) is 5.92 Å². The van der Waals surface area contributed by atoms with E-state index in [9.17, 15) is 5.11 Å². The van der Waals surface area contributed by atoms with Gasteiger partial charge in [0.15, 0.2) is 0 Å². The van der Waals surface area contributed by atoms with Gasteiger partial charge in [-0.2, -0.15) is 0 Å². The molecule has 0 spiro atoms. The van der Waals surface area contributed by atoms with Crippen LogP contribution in [0.3, 0.4) is 0 Å². The molecular formula is C18H28O. The highest BCUT2D eigenvalue weighted by Crippen LogP contribution is 2.27. The molecule has 1 N–H and O–H groups in total. The first-order valence-electron chi connectivity index (χ1n) is 7.91. The summed E-state index contributed by atoms with van der Waals surface area (Å²) < 4.78 is 0. The third-order valence-corrected chi connectivity index (χ3v) is 4.63. The lowest BCUT2D eigenvalue weighted by Gasteiger charge is -2.25. The summed E-state index contributed by atoms with van der Waals surface area (Å²) in [6.07, 6.45) is 9.80. The van der Waals surface area contributed by atoms with E-state index in [2.05, 4.69) is 32.0 Å². The van der Waals surface area contributed by atoms with Gasteiger partial charge in [-0.1, -0.05) is 55.9 Å². The first-order valence-corrected chi connectivity index (χ1v) is 7.91. The summed E-state index contributed by atoms with van der Waals surface area (Å²) >= 11 is 0. The van der Waals surface area contributed by atoms with Crippen LogP contribution in [0.15, 0.2) is 18.2 Å². The molecule has 1 heteroatoms. The van der Waals surface area contributed by atoms with Gasteiger partial charge in [-0.15, -0.1) is 0 Å². The monoisotopic (exact) mass is 260 g/mol. The summed E-state index contributed by atoms with van der Waals surface area (Å²) in [7, 11) is 0. The Kier molecular flexibility index (Phi) is 5.45. The lowest BCUT2D eigenvalue weighted by Crippen LogP contribution is -2.24. The van der Waals surface area contributed by atoms with E-state index < -0.39 is 0 Å². The van der Waals surface area contributed by atoms with Crippen molar-refractivity contribution in [1.82, 2.24) is 0 Å². The van der Waals surface area contributed by atoms with Crippen LogP contribution in [0.1, 0.15) is 61.6 Å². The molecule has 0 heterocycles. The van der Waals surface area contributed by atoms with Crippen LogP contribution in [-0.2, 0) is 6.42 Å². The average molecular weight is 260 g/mol. The van der Waals surface area contributed by atoms with Gasteiger partial charge in [0, 0.05) is 0 Å². The van der Waals surface area contributed by atoms with Crippen LogP contribution in [0.25, 0.3) is 0 Å². The van der Waals surface area contributed by atoms with Crippen molar-refractivity contribution in [2.75, 3.05) is 0 Å². The van der Waals surface area contributed by atoms with Gasteiger partial charge >= 0.3 is 0 Å². The third-order valence-electron chi connectivity index (χ3n) is 4.63. The fourth-order valence-electron chi connectivity index (χ4n) is 3.28. The van der Waals surface area contributed by atoms with E-state index >= 15 is 0 Å². The highest BCUT2D eigenvalue weighted by molar-refractivity contribution is 5.31. The number of hydrogen-bond acceptors (Lipinski definition) is 1. The Morgan fingerprint density at radius 1 is 1.05 bits per heavy atom. The number of rotatable bonds is 3. The third kappa shape index (κ3) is 4.35. The van der Waals surface area contributed by atoms with Gasteiger partial charge in [-0.05, 0) is 50.2 Å². The maximum atomic E-state index is 10.6. The zero-order chi connectivity index (χ0) is 13.7. The van der Waals surface area contributed by atoms with Gasteiger partial charge < -0.3 is 5.11 Å². The van der Waals surface area contributed by atoms with Gasteiger partial charge in [0.1, 0.15) is 0 Å². The van der Waals surface area contributed by atoms with Gasteiger partial charge in [0.25, 0.3) is 0 Å². The minimum Gasteiger partial charge on any atom is -0.392 e. The van der Waals surface area contributed by atoms with Gasteiger partial charge in [0.2, 0.25) is 0 Å². The van der Waals surface area contributed by atoms with Crippen molar-refractivity contribution in [3.8, 4) is 0 Å². The van der Waals surface area contributed by atoms with Gasteiger partial charge in [-0.3, -0.25) is 0 Å². The molecule has 106 valence electrons. The molecule has 1 unspecified atom stereocenters. The van der Waals surface area contributed by atoms with E-state index in [0.29, 0.717) is 5.92 Å². The van der Waals surface area contributed by atoms with Crippen molar-refractivity contribution >= 4 is 0 Å². The summed E-state index contributed by atoms with van der Waals surface area (Å²) in [6.45, 7) is 4.28. The molecular weight excluding hydrogens is 232 g/mol. The molecule has 2 rings (SSSR count). The lowest BCUT2D eigenvalue weighted by atomic mass is 9.84. The van der Waals surface area contributed by atoms with E-state index in [0.717, 1.165) is 6.42 Å². The molecule has 0 aromatic heterocycles. The minimum absolute atomic E-state index is 0.154. The number of benzene rings is 1. The maximum Gasteiger partial charge on any atom is 0.0608 e. The Hall–Kier alpha value is -0.820. The van der Waals surface area contributed by atoms with Crippen LogP contribution in [0.2, 0.25) is 0 Å². The predicted octanol–water partition coefficient (Wildman–Crippen LogP) is 4.57. The predicted molar refractivity (Wildman–Crippen MR) is 81.4 cm³/mol. The van der Waals surface area contributed by atoms with Crippen molar-refractivity contribution < 1.29 is 5.11 Å². The van der Waals surface area contributed by atoms with E-state index in [1.54, 1.807) is 0 Å². The quantitative estimate of drug-likeness (QED) is 0.844.